The van der Waals surface area contributed by atoms with Gasteiger partial charge in [-0.15, -0.1) is 0 Å². The molecule has 106 valence electrons. The van der Waals surface area contributed by atoms with Crippen LogP contribution in [0.25, 0.3) is 11.2 Å². The predicted octanol–water partition coefficient (Wildman–Crippen LogP) is -0.828. The number of hydrogen-bond donors (Lipinski definition) is 4. The SMILES string of the molecule is C=C1[C@H](CO)C[C@@H](O)[C@@H]1n1cnc2c(=O)[nH]c(N)nc21. The van der Waals surface area contributed by atoms with Gasteiger partial charge >= 0.3 is 0 Å². The topological polar surface area (TPSA) is 130 Å². The van der Waals surface area contributed by atoms with Crippen molar-refractivity contribution in [2.45, 2.75) is 18.6 Å². The lowest BCUT2D eigenvalue weighted by Crippen LogP contribution is -2.20. The number of H-pyrrole nitrogens is 1. The highest BCUT2D eigenvalue weighted by Gasteiger charge is 2.38. The average Bonchev–Trinajstić information content (AvgIpc) is 2.91. The van der Waals surface area contributed by atoms with Gasteiger partial charge in [0.2, 0.25) is 5.95 Å². The second-order valence-electron chi connectivity index (χ2n) is 4.98. The van der Waals surface area contributed by atoms with Crippen molar-refractivity contribution in [3.8, 4) is 0 Å². The van der Waals surface area contributed by atoms with Gasteiger partial charge in [0.25, 0.3) is 5.56 Å². The van der Waals surface area contributed by atoms with Crippen LogP contribution in [-0.4, -0.2) is 42.4 Å². The number of anilines is 1. The fourth-order valence-corrected chi connectivity index (χ4v) is 2.76. The van der Waals surface area contributed by atoms with Crippen LogP contribution < -0.4 is 11.3 Å². The van der Waals surface area contributed by atoms with Crippen molar-refractivity contribution in [3.05, 3.63) is 28.8 Å². The monoisotopic (exact) mass is 277 g/mol. The van der Waals surface area contributed by atoms with E-state index in [9.17, 15) is 15.0 Å². The van der Waals surface area contributed by atoms with Gasteiger partial charge in [0.05, 0.1) is 18.5 Å². The zero-order chi connectivity index (χ0) is 14.4. The van der Waals surface area contributed by atoms with E-state index in [0.717, 1.165) is 0 Å². The van der Waals surface area contributed by atoms with Crippen LogP contribution in [0.15, 0.2) is 23.3 Å². The number of nitrogens with two attached hydrogens (primary N) is 1. The molecule has 8 nitrogen and oxygen atoms in total. The third-order valence-corrected chi connectivity index (χ3v) is 3.77. The lowest BCUT2D eigenvalue weighted by Gasteiger charge is -2.18. The van der Waals surface area contributed by atoms with Crippen LogP contribution in [0.1, 0.15) is 12.5 Å². The molecule has 20 heavy (non-hydrogen) atoms. The van der Waals surface area contributed by atoms with Crippen molar-refractivity contribution < 1.29 is 10.2 Å². The van der Waals surface area contributed by atoms with E-state index < -0.39 is 17.7 Å². The molecule has 2 aromatic heterocycles. The van der Waals surface area contributed by atoms with E-state index in [1.807, 2.05) is 0 Å². The van der Waals surface area contributed by atoms with Crippen LogP contribution >= 0.6 is 0 Å². The van der Waals surface area contributed by atoms with Gasteiger partial charge in [-0.05, 0) is 12.0 Å². The van der Waals surface area contributed by atoms with Crippen LogP contribution in [0.3, 0.4) is 0 Å². The summed E-state index contributed by atoms with van der Waals surface area (Å²) in [6.45, 7) is 3.86. The molecule has 2 aromatic rings. The van der Waals surface area contributed by atoms with Gasteiger partial charge in [0.15, 0.2) is 11.2 Å². The van der Waals surface area contributed by atoms with E-state index in [-0.39, 0.29) is 24.0 Å². The maximum Gasteiger partial charge on any atom is 0.280 e. The first-order valence-corrected chi connectivity index (χ1v) is 6.23. The highest BCUT2D eigenvalue weighted by atomic mass is 16.3. The van der Waals surface area contributed by atoms with Crippen LogP contribution in [0, 0.1) is 5.92 Å². The summed E-state index contributed by atoms with van der Waals surface area (Å²) in [5.74, 6) is -0.187. The molecule has 3 atom stereocenters. The van der Waals surface area contributed by atoms with Gasteiger partial charge < -0.3 is 20.5 Å². The zero-order valence-corrected chi connectivity index (χ0v) is 10.7. The Morgan fingerprint density at radius 1 is 1.60 bits per heavy atom. The van der Waals surface area contributed by atoms with Gasteiger partial charge in [-0.3, -0.25) is 9.78 Å². The van der Waals surface area contributed by atoms with Crippen molar-refractivity contribution in [2.75, 3.05) is 12.3 Å². The average molecular weight is 277 g/mol. The van der Waals surface area contributed by atoms with Crippen molar-refractivity contribution in [3.63, 3.8) is 0 Å². The molecule has 3 rings (SSSR count). The van der Waals surface area contributed by atoms with E-state index in [1.54, 1.807) is 4.57 Å². The molecule has 5 N–H and O–H groups in total. The quantitative estimate of drug-likeness (QED) is 0.530. The van der Waals surface area contributed by atoms with E-state index in [4.69, 9.17) is 5.73 Å². The molecule has 1 aliphatic rings. The van der Waals surface area contributed by atoms with Gasteiger partial charge in [-0.25, -0.2) is 4.98 Å². The number of hydrogen-bond acceptors (Lipinski definition) is 6. The van der Waals surface area contributed by atoms with E-state index >= 15 is 0 Å². The standard InChI is InChI=1S/C12H15N5O3/c1-5-6(3-18)2-7(19)9(5)17-4-14-8-10(17)15-12(13)16-11(8)20/h4,6-7,9,18-19H,1-3H2,(H3,13,15,16,20)/t6-,7+,9+/m0/s1. The third-order valence-electron chi connectivity index (χ3n) is 3.77. The molecular formula is C12H15N5O3. The van der Waals surface area contributed by atoms with E-state index in [2.05, 4.69) is 21.5 Å². The molecule has 0 amide bonds. The number of nitrogen functional groups attached to an aromatic ring is 1. The van der Waals surface area contributed by atoms with Gasteiger partial charge in [-0.1, -0.05) is 6.58 Å². The Morgan fingerprint density at radius 3 is 3.00 bits per heavy atom. The van der Waals surface area contributed by atoms with Crippen LogP contribution in [0.2, 0.25) is 0 Å². The maximum absolute atomic E-state index is 11.7. The second-order valence-corrected chi connectivity index (χ2v) is 4.98. The number of aliphatic hydroxyl groups is 2. The first kappa shape index (κ1) is 12.8. The fourth-order valence-electron chi connectivity index (χ4n) is 2.76. The minimum Gasteiger partial charge on any atom is -0.396 e. The summed E-state index contributed by atoms with van der Waals surface area (Å²) in [6, 6.07) is -0.467. The molecule has 2 heterocycles. The number of rotatable bonds is 2. The molecule has 1 fully saturated rings. The Balaban J connectivity index is 2.16. The number of nitrogens with one attached hydrogen (secondary N) is 1. The van der Waals surface area contributed by atoms with E-state index in [1.165, 1.54) is 6.33 Å². The molecule has 1 aliphatic carbocycles. The zero-order valence-electron chi connectivity index (χ0n) is 10.7. The van der Waals surface area contributed by atoms with Gasteiger partial charge in [0.1, 0.15) is 0 Å². The summed E-state index contributed by atoms with van der Waals surface area (Å²) in [5.41, 5.74) is 6.27. The number of imidazole rings is 1. The Morgan fingerprint density at radius 2 is 2.35 bits per heavy atom. The summed E-state index contributed by atoms with van der Waals surface area (Å²) >= 11 is 0. The molecule has 0 aromatic carbocycles. The first-order chi connectivity index (χ1) is 9.52. The third kappa shape index (κ3) is 1.73. The maximum atomic E-state index is 11.7. The lowest BCUT2D eigenvalue weighted by molar-refractivity contribution is 0.135. The fraction of sp³-hybridized carbons (Fsp3) is 0.417. The predicted molar refractivity (Wildman–Crippen MR) is 71.9 cm³/mol. The Labute approximate surface area is 113 Å². The van der Waals surface area contributed by atoms with Gasteiger partial charge in [0, 0.05) is 12.5 Å². The molecular weight excluding hydrogens is 262 g/mol. The summed E-state index contributed by atoms with van der Waals surface area (Å²) in [7, 11) is 0. The van der Waals surface area contributed by atoms with Crippen LogP contribution in [0.5, 0.6) is 0 Å². The molecule has 8 heteroatoms. The van der Waals surface area contributed by atoms with Crippen LogP contribution in [-0.2, 0) is 0 Å². The number of nitrogens with zero attached hydrogens (tertiary/aromatic N) is 3. The molecule has 1 saturated carbocycles. The number of fused-ring (bicyclic) bond motifs is 1. The van der Waals surface area contributed by atoms with Gasteiger partial charge in [-0.2, -0.15) is 4.98 Å². The first-order valence-electron chi connectivity index (χ1n) is 6.23. The normalized spacial score (nSPS) is 26.5. The smallest absolute Gasteiger partial charge is 0.280 e. The summed E-state index contributed by atoms with van der Waals surface area (Å²) < 4.78 is 1.59. The largest absolute Gasteiger partial charge is 0.396 e. The molecule has 0 aliphatic heterocycles. The summed E-state index contributed by atoms with van der Waals surface area (Å²) in [6.07, 6.45) is 1.14. The number of aromatic nitrogens is 4. The highest BCUT2D eigenvalue weighted by molar-refractivity contribution is 5.71. The van der Waals surface area contributed by atoms with Crippen molar-refractivity contribution in [2.24, 2.45) is 5.92 Å². The Hall–Kier alpha value is -2.19. The second kappa shape index (κ2) is 4.43. The summed E-state index contributed by atoms with van der Waals surface area (Å²) in [5, 5.41) is 19.4. The minimum absolute atomic E-state index is 0.0129. The molecule has 0 radical (unpaired) electrons. The lowest BCUT2D eigenvalue weighted by atomic mass is 10.0. The number of aliphatic hydroxyl groups excluding tert-OH is 2. The Kier molecular flexibility index (Phi) is 2.84. The van der Waals surface area contributed by atoms with Crippen molar-refractivity contribution >= 4 is 17.1 Å². The number of aromatic amines is 1. The van der Waals surface area contributed by atoms with Crippen LogP contribution in [0.4, 0.5) is 5.95 Å². The molecule has 0 unspecified atom stereocenters. The molecule has 0 bridgehead atoms. The van der Waals surface area contributed by atoms with Crippen molar-refractivity contribution in [1.82, 2.24) is 19.5 Å². The van der Waals surface area contributed by atoms with Crippen molar-refractivity contribution in [1.29, 1.82) is 0 Å². The minimum atomic E-state index is -0.709. The highest BCUT2D eigenvalue weighted by Crippen LogP contribution is 2.39. The Bertz CT molecular complexity index is 734. The molecule has 0 saturated heterocycles. The summed E-state index contributed by atoms with van der Waals surface area (Å²) in [4.78, 5) is 22.2. The van der Waals surface area contributed by atoms with E-state index in [0.29, 0.717) is 17.6 Å². The molecule has 0 spiro atoms.